The van der Waals surface area contributed by atoms with Crippen LogP contribution < -0.4 is 15.8 Å². The van der Waals surface area contributed by atoms with Gasteiger partial charge in [0.1, 0.15) is 10.8 Å². The number of carbonyl (C=O) groups excluding carboxylic acids is 1. The minimum Gasteiger partial charge on any atom is -0.497 e. The number of nitrogens with zero attached hydrogens (tertiary/aromatic N) is 2. The van der Waals surface area contributed by atoms with Gasteiger partial charge in [0.2, 0.25) is 11.9 Å². The molecule has 3 rings (SSSR count). The number of fused-ring (bicyclic) bond motifs is 1. The van der Waals surface area contributed by atoms with E-state index in [0.29, 0.717) is 29.2 Å². The number of hydrogen-bond donors (Lipinski definition) is 3. The maximum Gasteiger partial charge on any atom is 0.233 e. The van der Waals surface area contributed by atoms with Gasteiger partial charge in [-0.25, -0.2) is 9.97 Å². The molecule has 0 saturated carbocycles. The van der Waals surface area contributed by atoms with Crippen molar-refractivity contribution in [2.75, 3.05) is 19.4 Å². The molecule has 0 fully saturated rings. The SMILES string of the molecule is CCNC(=O)C1Cc2c(nc(N)nc2C(=N)c2ccc(OC)cc2)S1. The van der Waals surface area contributed by atoms with Gasteiger partial charge >= 0.3 is 0 Å². The number of thioether (sulfide) groups is 1. The van der Waals surface area contributed by atoms with E-state index in [0.717, 1.165) is 11.3 Å². The highest BCUT2D eigenvalue weighted by molar-refractivity contribution is 8.00. The molecule has 2 aromatic rings. The summed E-state index contributed by atoms with van der Waals surface area (Å²) in [7, 11) is 1.59. The first-order chi connectivity index (χ1) is 12.0. The fourth-order valence-electron chi connectivity index (χ4n) is 2.66. The first kappa shape index (κ1) is 17.2. The number of nitrogens with two attached hydrogens (primary N) is 1. The molecule has 130 valence electrons. The molecule has 1 aromatic heterocycles. The van der Waals surface area contributed by atoms with E-state index in [1.807, 2.05) is 6.92 Å². The van der Waals surface area contributed by atoms with Gasteiger partial charge in [-0.1, -0.05) is 11.8 Å². The number of hydrogen-bond acceptors (Lipinski definition) is 7. The summed E-state index contributed by atoms with van der Waals surface area (Å²) < 4.78 is 5.15. The summed E-state index contributed by atoms with van der Waals surface area (Å²) >= 11 is 1.37. The van der Waals surface area contributed by atoms with E-state index in [1.54, 1.807) is 31.4 Å². The van der Waals surface area contributed by atoms with Crippen molar-refractivity contribution < 1.29 is 9.53 Å². The van der Waals surface area contributed by atoms with Gasteiger partial charge in [0.05, 0.1) is 23.8 Å². The number of nitrogens with one attached hydrogen (secondary N) is 2. The van der Waals surface area contributed by atoms with Crippen molar-refractivity contribution in [3.05, 3.63) is 41.1 Å². The summed E-state index contributed by atoms with van der Waals surface area (Å²) in [5, 5.41) is 11.8. The number of amides is 1. The molecule has 25 heavy (non-hydrogen) atoms. The van der Waals surface area contributed by atoms with Crippen LogP contribution in [0.4, 0.5) is 5.95 Å². The van der Waals surface area contributed by atoms with E-state index in [4.69, 9.17) is 15.9 Å². The van der Waals surface area contributed by atoms with Crippen molar-refractivity contribution in [1.29, 1.82) is 5.41 Å². The third-order valence-electron chi connectivity index (χ3n) is 3.89. The summed E-state index contributed by atoms with van der Waals surface area (Å²) in [4.78, 5) is 20.7. The summed E-state index contributed by atoms with van der Waals surface area (Å²) in [6.45, 7) is 2.46. The standard InChI is InChI=1S/C17H19N5O2S/c1-3-20-15(23)12-8-11-14(21-17(19)22-16(11)25-12)13(18)9-4-6-10(24-2)7-5-9/h4-7,12,18H,3,8H2,1-2H3,(H,20,23)(H2,19,21,22). The zero-order valence-corrected chi connectivity index (χ0v) is 14.8. The van der Waals surface area contributed by atoms with Crippen LogP contribution in [-0.2, 0) is 11.2 Å². The van der Waals surface area contributed by atoms with Crippen LogP contribution in [0.25, 0.3) is 0 Å². The molecule has 0 radical (unpaired) electrons. The molecule has 1 aromatic carbocycles. The molecule has 1 aliphatic rings. The fraction of sp³-hybridized carbons (Fsp3) is 0.294. The summed E-state index contributed by atoms with van der Waals surface area (Å²) in [5.41, 5.74) is 8.06. The number of nitrogen functional groups attached to an aromatic ring is 1. The predicted molar refractivity (Wildman–Crippen MR) is 97.4 cm³/mol. The van der Waals surface area contributed by atoms with E-state index in [1.165, 1.54) is 11.8 Å². The average Bonchev–Trinajstić information content (AvgIpc) is 3.04. The molecule has 0 bridgehead atoms. The first-order valence-corrected chi connectivity index (χ1v) is 8.75. The zero-order valence-electron chi connectivity index (χ0n) is 14.0. The highest BCUT2D eigenvalue weighted by Crippen LogP contribution is 2.38. The van der Waals surface area contributed by atoms with Gasteiger partial charge < -0.3 is 15.8 Å². The molecule has 4 N–H and O–H groups in total. The second-order valence-electron chi connectivity index (χ2n) is 5.52. The predicted octanol–water partition coefficient (Wildman–Crippen LogP) is 1.64. The lowest BCUT2D eigenvalue weighted by atomic mass is 10.0. The Morgan fingerprint density at radius 3 is 2.76 bits per heavy atom. The van der Waals surface area contributed by atoms with E-state index in [2.05, 4.69) is 15.3 Å². The number of aromatic nitrogens is 2. The van der Waals surface area contributed by atoms with Gasteiger partial charge in [-0.15, -0.1) is 0 Å². The lowest BCUT2D eigenvalue weighted by Crippen LogP contribution is -2.32. The van der Waals surface area contributed by atoms with Crippen LogP contribution in [0.3, 0.4) is 0 Å². The van der Waals surface area contributed by atoms with Gasteiger partial charge in [-0.2, -0.15) is 0 Å². The Morgan fingerprint density at radius 1 is 1.40 bits per heavy atom. The average molecular weight is 357 g/mol. The summed E-state index contributed by atoms with van der Waals surface area (Å²) in [6, 6.07) is 7.19. The van der Waals surface area contributed by atoms with E-state index in [-0.39, 0.29) is 22.8 Å². The molecule has 7 nitrogen and oxygen atoms in total. The van der Waals surface area contributed by atoms with Crippen molar-refractivity contribution in [2.24, 2.45) is 0 Å². The molecule has 2 heterocycles. The van der Waals surface area contributed by atoms with Crippen LogP contribution in [0.5, 0.6) is 5.75 Å². The van der Waals surface area contributed by atoms with Crippen molar-refractivity contribution in [3.8, 4) is 5.75 Å². The van der Waals surface area contributed by atoms with Gasteiger partial charge in [0.25, 0.3) is 0 Å². The molecule has 0 spiro atoms. The Hall–Kier alpha value is -2.61. The molecule has 0 saturated heterocycles. The highest BCUT2D eigenvalue weighted by Gasteiger charge is 2.33. The third kappa shape index (κ3) is 3.43. The normalized spacial score (nSPS) is 15.5. The maximum atomic E-state index is 12.1. The van der Waals surface area contributed by atoms with Crippen molar-refractivity contribution in [1.82, 2.24) is 15.3 Å². The second-order valence-corrected chi connectivity index (χ2v) is 6.71. The van der Waals surface area contributed by atoms with E-state index >= 15 is 0 Å². The molecule has 1 aliphatic heterocycles. The minimum atomic E-state index is -0.270. The number of anilines is 1. The van der Waals surface area contributed by atoms with E-state index < -0.39 is 0 Å². The lowest BCUT2D eigenvalue weighted by molar-refractivity contribution is -0.120. The van der Waals surface area contributed by atoms with Crippen LogP contribution in [0.15, 0.2) is 29.3 Å². The fourth-order valence-corrected chi connectivity index (χ4v) is 3.84. The molecular formula is C17H19N5O2S. The Morgan fingerprint density at radius 2 is 2.12 bits per heavy atom. The number of ether oxygens (including phenoxy) is 1. The smallest absolute Gasteiger partial charge is 0.233 e. The van der Waals surface area contributed by atoms with Crippen LogP contribution in [0.2, 0.25) is 0 Å². The largest absolute Gasteiger partial charge is 0.497 e. The highest BCUT2D eigenvalue weighted by atomic mass is 32.2. The van der Waals surface area contributed by atoms with Gasteiger partial charge in [-0.3, -0.25) is 10.2 Å². The number of carbonyl (C=O) groups is 1. The third-order valence-corrected chi connectivity index (χ3v) is 5.12. The molecule has 0 aliphatic carbocycles. The van der Waals surface area contributed by atoms with Gasteiger partial charge in [0.15, 0.2) is 0 Å². The van der Waals surface area contributed by atoms with Crippen molar-refractivity contribution in [2.45, 2.75) is 23.6 Å². The molecule has 1 atom stereocenters. The van der Waals surface area contributed by atoms with Gasteiger partial charge in [0, 0.05) is 17.7 Å². The maximum absolute atomic E-state index is 12.1. The topological polar surface area (TPSA) is 114 Å². The molecule has 1 unspecified atom stereocenters. The summed E-state index contributed by atoms with van der Waals surface area (Å²) in [5.74, 6) is 0.790. The van der Waals surface area contributed by atoms with Crippen LogP contribution in [-0.4, -0.2) is 40.5 Å². The minimum absolute atomic E-state index is 0.0361. The summed E-state index contributed by atoms with van der Waals surface area (Å²) in [6.07, 6.45) is 0.486. The first-order valence-electron chi connectivity index (χ1n) is 7.87. The number of methoxy groups -OCH3 is 1. The number of benzene rings is 1. The molecule has 1 amide bonds. The van der Waals surface area contributed by atoms with Crippen molar-refractivity contribution >= 4 is 29.3 Å². The quantitative estimate of drug-likeness (QED) is 0.554. The second kappa shape index (κ2) is 7.10. The number of rotatable bonds is 5. The molecular weight excluding hydrogens is 338 g/mol. The van der Waals surface area contributed by atoms with Crippen molar-refractivity contribution in [3.63, 3.8) is 0 Å². The van der Waals surface area contributed by atoms with Gasteiger partial charge in [-0.05, 0) is 37.6 Å². The van der Waals surface area contributed by atoms with Crippen LogP contribution in [0.1, 0.15) is 23.7 Å². The Labute approximate surface area is 149 Å². The Balaban J connectivity index is 1.93. The van der Waals surface area contributed by atoms with E-state index in [9.17, 15) is 4.79 Å². The van der Waals surface area contributed by atoms with Crippen LogP contribution in [0, 0.1) is 5.41 Å². The lowest BCUT2D eigenvalue weighted by Gasteiger charge is -2.10. The zero-order chi connectivity index (χ0) is 18.0. The Bertz CT molecular complexity index is 823. The monoisotopic (exact) mass is 357 g/mol. The molecule has 8 heteroatoms. The Kier molecular flexibility index (Phi) is 4.89. The van der Waals surface area contributed by atoms with Crippen LogP contribution >= 0.6 is 11.8 Å².